The lowest BCUT2D eigenvalue weighted by Gasteiger charge is -2.33. The zero-order valence-corrected chi connectivity index (χ0v) is 15.5. The fourth-order valence-corrected chi connectivity index (χ4v) is 3.33. The molecule has 0 spiro atoms. The molecular weight excluding hydrogens is 342 g/mol. The molecule has 1 aliphatic heterocycles. The van der Waals surface area contributed by atoms with Crippen molar-refractivity contribution in [2.45, 2.75) is 6.92 Å². The van der Waals surface area contributed by atoms with Gasteiger partial charge in [-0.2, -0.15) is 0 Å². The van der Waals surface area contributed by atoms with Gasteiger partial charge in [0.1, 0.15) is 0 Å². The van der Waals surface area contributed by atoms with Crippen molar-refractivity contribution in [1.82, 2.24) is 14.5 Å². The smallest absolute Gasteiger partial charge is 0.409 e. The molecule has 0 bridgehead atoms. The van der Waals surface area contributed by atoms with Crippen molar-refractivity contribution in [2.75, 3.05) is 46.4 Å². The van der Waals surface area contributed by atoms with Gasteiger partial charge in [-0.1, -0.05) is 29.8 Å². The summed E-state index contributed by atoms with van der Waals surface area (Å²) in [5, 5.41) is 1.19. The molecule has 1 aromatic rings. The molecule has 7 nitrogen and oxygen atoms in total. The Hall–Kier alpha value is -1.90. The minimum absolute atomic E-state index is 0.318. The summed E-state index contributed by atoms with van der Waals surface area (Å²) in [5.74, 6) is 0. The van der Waals surface area contributed by atoms with Crippen LogP contribution in [0.2, 0.25) is 0 Å². The highest BCUT2D eigenvalue weighted by molar-refractivity contribution is 7.92. The van der Waals surface area contributed by atoms with E-state index in [9.17, 15) is 13.2 Å². The number of ether oxygens (including phenoxy) is 1. The number of sulfonamides is 1. The summed E-state index contributed by atoms with van der Waals surface area (Å²) in [5.41, 5.74) is 1.97. The van der Waals surface area contributed by atoms with Crippen LogP contribution in [0.25, 0.3) is 6.08 Å². The molecule has 1 N–H and O–H groups in total. The maximum atomic E-state index is 12.0. The third-order valence-electron chi connectivity index (χ3n) is 4.05. The van der Waals surface area contributed by atoms with Crippen molar-refractivity contribution in [3.05, 3.63) is 40.8 Å². The molecule has 0 aliphatic carbocycles. The molecule has 0 saturated carbocycles. The predicted molar refractivity (Wildman–Crippen MR) is 97.6 cm³/mol. The Morgan fingerprint density at radius 3 is 2.44 bits per heavy atom. The number of aryl methyl sites for hydroxylation is 1. The van der Waals surface area contributed by atoms with Gasteiger partial charge in [0.25, 0.3) is 0 Å². The summed E-state index contributed by atoms with van der Waals surface area (Å²) in [6.07, 6.45) is 1.26. The number of piperazine rings is 1. The Balaban J connectivity index is 1.73. The van der Waals surface area contributed by atoms with Crippen molar-refractivity contribution >= 4 is 22.2 Å². The first-order valence-electron chi connectivity index (χ1n) is 8.19. The van der Waals surface area contributed by atoms with Crippen LogP contribution in [0.15, 0.2) is 29.7 Å². The second-order valence-electron chi connectivity index (χ2n) is 5.95. The SMILES string of the molecule is COC(=O)N1CCN(CCNS(=O)(=O)/C=C/c2ccc(C)cc2)CC1. The Labute approximate surface area is 149 Å². The maximum Gasteiger partial charge on any atom is 0.409 e. The molecule has 2 rings (SSSR count). The third kappa shape index (κ3) is 6.49. The van der Waals surface area contributed by atoms with E-state index in [4.69, 9.17) is 0 Å². The molecule has 1 aromatic carbocycles. The van der Waals surface area contributed by atoms with Crippen LogP contribution in [0.4, 0.5) is 4.79 Å². The van der Waals surface area contributed by atoms with E-state index in [0.717, 1.165) is 11.1 Å². The highest BCUT2D eigenvalue weighted by Gasteiger charge is 2.21. The van der Waals surface area contributed by atoms with Crippen LogP contribution in [0.3, 0.4) is 0 Å². The first kappa shape index (κ1) is 19.4. The number of benzene rings is 1. The monoisotopic (exact) mass is 367 g/mol. The molecular formula is C17H25N3O4S. The number of methoxy groups -OCH3 is 1. The van der Waals surface area contributed by atoms with Gasteiger partial charge in [0.05, 0.1) is 7.11 Å². The van der Waals surface area contributed by atoms with Gasteiger partial charge in [0, 0.05) is 44.7 Å². The maximum absolute atomic E-state index is 12.0. The first-order chi connectivity index (χ1) is 11.9. The number of nitrogens with one attached hydrogen (secondary N) is 1. The van der Waals surface area contributed by atoms with Gasteiger partial charge in [-0.25, -0.2) is 17.9 Å². The van der Waals surface area contributed by atoms with Gasteiger partial charge in [0.15, 0.2) is 0 Å². The Bertz CT molecular complexity index is 693. The molecule has 25 heavy (non-hydrogen) atoms. The molecule has 0 radical (unpaired) electrons. The van der Waals surface area contributed by atoms with Gasteiger partial charge >= 0.3 is 6.09 Å². The van der Waals surface area contributed by atoms with Crippen LogP contribution in [0.5, 0.6) is 0 Å². The van der Waals surface area contributed by atoms with Gasteiger partial charge in [-0.3, -0.25) is 4.90 Å². The summed E-state index contributed by atoms with van der Waals surface area (Å²) in [6, 6.07) is 7.63. The lowest BCUT2D eigenvalue weighted by molar-refractivity contribution is 0.0918. The van der Waals surface area contributed by atoms with Crippen molar-refractivity contribution < 1.29 is 17.9 Å². The van der Waals surface area contributed by atoms with E-state index >= 15 is 0 Å². The average molecular weight is 367 g/mol. The predicted octanol–water partition coefficient (Wildman–Crippen LogP) is 1.27. The van der Waals surface area contributed by atoms with Gasteiger partial charge in [-0.15, -0.1) is 0 Å². The van der Waals surface area contributed by atoms with Crippen molar-refractivity contribution in [2.24, 2.45) is 0 Å². The van der Waals surface area contributed by atoms with Crippen LogP contribution in [-0.4, -0.2) is 70.7 Å². The zero-order chi connectivity index (χ0) is 18.3. The molecule has 1 aliphatic rings. The van der Waals surface area contributed by atoms with E-state index in [-0.39, 0.29) is 6.09 Å². The van der Waals surface area contributed by atoms with Crippen LogP contribution >= 0.6 is 0 Å². The normalized spacial score (nSPS) is 16.3. The van der Waals surface area contributed by atoms with E-state index in [1.54, 1.807) is 11.0 Å². The third-order valence-corrected chi connectivity index (χ3v) is 5.15. The number of carbonyl (C=O) groups excluding carboxylic acids is 1. The summed E-state index contributed by atoms with van der Waals surface area (Å²) in [4.78, 5) is 15.2. The van der Waals surface area contributed by atoms with Gasteiger partial charge < -0.3 is 9.64 Å². The van der Waals surface area contributed by atoms with E-state index in [1.165, 1.54) is 12.5 Å². The highest BCUT2D eigenvalue weighted by atomic mass is 32.2. The zero-order valence-electron chi connectivity index (χ0n) is 14.6. The van der Waals surface area contributed by atoms with E-state index < -0.39 is 10.0 Å². The first-order valence-corrected chi connectivity index (χ1v) is 9.74. The number of amides is 1. The van der Waals surface area contributed by atoms with Gasteiger partial charge in [-0.05, 0) is 18.6 Å². The van der Waals surface area contributed by atoms with Crippen LogP contribution < -0.4 is 4.72 Å². The molecule has 1 saturated heterocycles. The summed E-state index contributed by atoms with van der Waals surface area (Å²) < 4.78 is 31.3. The largest absolute Gasteiger partial charge is 0.453 e. The molecule has 0 aromatic heterocycles. The number of hydrogen-bond donors (Lipinski definition) is 1. The van der Waals surface area contributed by atoms with Crippen LogP contribution in [0, 0.1) is 6.92 Å². The molecule has 1 heterocycles. The molecule has 138 valence electrons. The average Bonchev–Trinajstić information content (AvgIpc) is 2.61. The second-order valence-corrected chi connectivity index (χ2v) is 7.60. The number of carbonyl (C=O) groups is 1. The minimum atomic E-state index is -3.46. The lowest BCUT2D eigenvalue weighted by atomic mass is 10.2. The second kappa shape index (κ2) is 8.98. The molecule has 0 atom stereocenters. The lowest BCUT2D eigenvalue weighted by Crippen LogP contribution is -2.50. The quantitative estimate of drug-likeness (QED) is 0.819. The standard InChI is InChI=1S/C17H25N3O4S/c1-15-3-5-16(6-4-15)7-14-25(22,23)18-8-9-19-10-12-20(13-11-19)17(21)24-2/h3-7,14,18H,8-13H2,1-2H3/b14-7+. The van der Waals surface area contributed by atoms with Crippen molar-refractivity contribution in [1.29, 1.82) is 0 Å². The van der Waals surface area contributed by atoms with Crippen LogP contribution in [-0.2, 0) is 14.8 Å². The Morgan fingerprint density at radius 1 is 1.20 bits per heavy atom. The van der Waals surface area contributed by atoms with Gasteiger partial charge in [0.2, 0.25) is 10.0 Å². The Kier molecular flexibility index (Phi) is 6.98. The fraction of sp³-hybridized carbons (Fsp3) is 0.471. The molecule has 8 heteroatoms. The Morgan fingerprint density at radius 2 is 1.84 bits per heavy atom. The van der Waals surface area contributed by atoms with Crippen molar-refractivity contribution in [3.63, 3.8) is 0 Å². The molecule has 1 amide bonds. The minimum Gasteiger partial charge on any atom is -0.453 e. The van der Waals surface area contributed by atoms with E-state index in [1.807, 2.05) is 31.2 Å². The topological polar surface area (TPSA) is 79.0 Å². The van der Waals surface area contributed by atoms with E-state index in [0.29, 0.717) is 39.3 Å². The molecule has 1 fully saturated rings. The number of nitrogens with zero attached hydrogens (tertiary/aromatic N) is 2. The molecule has 0 unspecified atom stereocenters. The fourth-order valence-electron chi connectivity index (χ4n) is 2.52. The summed E-state index contributed by atoms with van der Waals surface area (Å²) >= 11 is 0. The van der Waals surface area contributed by atoms with E-state index in [2.05, 4.69) is 14.4 Å². The van der Waals surface area contributed by atoms with Crippen LogP contribution in [0.1, 0.15) is 11.1 Å². The summed E-state index contributed by atoms with van der Waals surface area (Å²) in [6.45, 7) is 5.51. The summed E-state index contributed by atoms with van der Waals surface area (Å²) in [7, 11) is -2.09. The number of rotatable bonds is 6. The highest BCUT2D eigenvalue weighted by Crippen LogP contribution is 2.06. The number of hydrogen-bond acceptors (Lipinski definition) is 5. The van der Waals surface area contributed by atoms with Crippen molar-refractivity contribution in [3.8, 4) is 0 Å².